The molecule has 0 bridgehead atoms. The lowest BCUT2D eigenvalue weighted by Gasteiger charge is -2.25. The van der Waals surface area contributed by atoms with Crippen LogP contribution in [0.4, 0.5) is 0 Å². The van der Waals surface area contributed by atoms with E-state index in [1.807, 2.05) is 0 Å². The van der Waals surface area contributed by atoms with Gasteiger partial charge >= 0.3 is 0 Å². The standard InChI is InChI=1S/C11H11NO3S/c1-16(14,15)10-6-9(13)11(12)8-5-3-2-4-7(8)10/h2-5,8,12H,6H2,1H3. The monoisotopic (exact) mass is 237 g/mol. The molecule has 1 unspecified atom stereocenters. The van der Waals surface area contributed by atoms with Gasteiger partial charge in [-0.25, -0.2) is 8.42 Å². The lowest BCUT2D eigenvalue weighted by atomic mass is 9.82. The van der Waals surface area contributed by atoms with Crippen LogP contribution >= 0.6 is 0 Å². The zero-order valence-corrected chi connectivity index (χ0v) is 9.54. The predicted molar refractivity (Wildman–Crippen MR) is 61.0 cm³/mol. The summed E-state index contributed by atoms with van der Waals surface area (Å²) in [6.07, 6.45) is 7.71. The van der Waals surface area contributed by atoms with E-state index in [4.69, 9.17) is 5.41 Å². The molecule has 0 aliphatic heterocycles. The molecule has 0 fully saturated rings. The Hall–Kier alpha value is -1.49. The number of Topliss-reactive ketones (excluding diaryl/α,β-unsaturated/α-hetero) is 1. The molecule has 2 rings (SSSR count). The van der Waals surface area contributed by atoms with Gasteiger partial charge in [0.2, 0.25) is 0 Å². The Bertz CT molecular complexity index is 564. The molecule has 4 nitrogen and oxygen atoms in total. The fraction of sp³-hybridized carbons (Fsp3) is 0.273. The summed E-state index contributed by atoms with van der Waals surface area (Å²) in [5.41, 5.74) is 0.539. The second kappa shape index (κ2) is 3.52. The van der Waals surface area contributed by atoms with Crippen molar-refractivity contribution in [3.05, 3.63) is 34.8 Å². The smallest absolute Gasteiger partial charge is 0.182 e. The van der Waals surface area contributed by atoms with E-state index in [0.29, 0.717) is 5.57 Å². The number of fused-ring (bicyclic) bond motifs is 1. The first kappa shape index (κ1) is 11.0. The van der Waals surface area contributed by atoms with Gasteiger partial charge in [0, 0.05) is 18.6 Å². The van der Waals surface area contributed by atoms with Crippen LogP contribution in [0.3, 0.4) is 0 Å². The van der Waals surface area contributed by atoms with Crippen LogP contribution in [0, 0.1) is 11.3 Å². The van der Waals surface area contributed by atoms with E-state index in [1.165, 1.54) is 0 Å². The number of carbonyl (C=O) groups excluding carboxylic acids is 1. The molecule has 16 heavy (non-hydrogen) atoms. The molecular weight excluding hydrogens is 226 g/mol. The van der Waals surface area contributed by atoms with Crippen LogP contribution in [0.1, 0.15) is 6.42 Å². The first-order valence-corrected chi connectivity index (χ1v) is 6.70. The summed E-state index contributed by atoms with van der Waals surface area (Å²) in [5, 5.41) is 7.65. The summed E-state index contributed by atoms with van der Waals surface area (Å²) in [4.78, 5) is 11.7. The van der Waals surface area contributed by atoms with Crippen LogP contribution in [0.5, 0.6) is 0 Å². The molecule has 0 saturated heterocycles. The Morgan fingerprint density at radius 1 is 1.38 bits per heavy atom. The molecule has 0 radical (unpaired) electrons. The molecule has 0 amide bonds. The van der Waals surface area contributed by atoms with Crippen molar-refractivity contribution in [3.63, 3.8) is 0 Å². The van der Waals surface area contributed by atoms with Crippen molar-refractivity contribution in [3.8, 4) is 0 Å². The van der Waals surface area contributed by atoms with Crippen LogP contribution in [0.25, 0.3) is 0 Å². The SMILES string of the molecule is CS(=O)(=O)C1=C2C=CC=CC2C(=N)C(=O)C1. The van der Waals surface area contributed by atoms with Crippen molar-refractivity contribution in [2.24, 2.45) is 5.92 Å². The number of hydrogen-bond acceptors (Lipinski definition) is 4. The third-order valence-corrected chi connectivity index (χ3v) is 4.00. The number of carbonyl (C=O) groups is 1. The fourth-order valence-electron chi connectivity index (χ4n) is 1.92. The summed E-state index contributed by atoms with van der Waals surface area (Å²) in [5.74, 6) is -0.898. The van der Waals surface area contributed by atoms with Gasteiger partial charge in [-0.15, -0.1) is 0 Å². The second-order valence-corrected chi connectivity index (χ2v) is 5.92. The minimum atomic E-state index is -3.38. The van der Waals surface area contributed by atoms with Crippen LogP contribution in [-0.4, -0.2) is 26.2 Å². The number of ketones is 1. The van der Waals surface area contributed by atoms with Gasteiger partial charge in [0.25, 0.3) is 0 Å². The average molecular weight is 237 g/mol. The van der Waals surface area contributed by atoms with Crippen molar-refractivity contribution in [2.75, 3.05) is 6.26 Å². The molecule has 0 spiro atoms. The first-order chi connectivity index (χ1) is 7.41. The minimum Gasteiger partial charge on any atom is -0.301 e. The van der Waals surface area contributed by atoms with Gasteiger partial charge in [-0.3, -0.25) is 4.79 Å². The lowest BCUT2D eigenvalue weighted by Crippen LogP contribution is -2.31. The highest BCUT2D eigenvalue weighted by atomic mass is 32.2. The Morgan fingerprint density at radius 2 is 2.06 bits per heavy atom. The van der Waals surface area contributed by atoms with Gasteiger partial charge < -0.3 is 5.41 Å². The van der Waals surface area contributed by atoms with E-state index < -0.39 is 21.5 Å². The fourth-order valence-corrected chi connectivity index (χ4v) is 2.94. The molecule has 84 valence electrons. The van der Waals surface area contributed by atoms with Gasteiger partial charge in [-0.05, 0) is 5.57 Å². The first-order valence-electron chi connectivity index (χ1n) is 4.81. The Balaban J connectivity index is 2.66. The van der Waals surface area contributed by atoms with E-state index in [9.17, 15) is 13.2 Å². The lowest BCUT2D eigenvalue weighted by molar-refractivity contribution is -0.112. The van der Waals surface area contributed by atoms with E-state index in [-0.39, 0.29) is 17.0 Å². The van der Waals surface area contributed by atoms with Crippen molar-refractivity contribution < 1.29 is 13.2 Å². The third kappa shape index (κ3) is 1.67. The quantitative estimate of drug-likeness (QED) is 0.739. The number of sulfone groups is 1. The predicted octanol–water partition coefficient (Wildman–Crippen LogP) is 1.02. The maximum absolute atomic E-state index is 11.6. The molecule has 0 saturated carbocycles. The minimum absolute atomic E-state index is 0.0250. The van der Waals surface area contributed by atoms with E-state index in [1.54, 1.807) is 24.3 Å². The van der Waals surface area contributed by atoms with Crippen molar-refractivity contribution in [1.29, 1.82) is 5.41 Å². The number of rotatable bonds is 1. The Morgan fingerprint density at radius 3 is 2.69 bits per heavy atom. The molecule has 0 aromatic carbocycles. The third-order valence-electron chi connectivity index (χ3n) is 2.73. The van der Waals surface area contributed by atoms with Crippen LogP contribution in [0.15, 0.2) is 34.8 Å². The zero-order valence-electron chi connectivity index (χ0n) is 8.73. The molecule has 0 heterocycles. The summed E-state index contributed by atoms with van der Waals surface area (Å²) in [6.45, 7) is 0. The van der Waals surface area contributed by atoms with Gasteiger partial charge in [-0.1, -0.05) is 24.3 Å². The van der Waals surface area contributed by atoms with Crippen LogP contribution in [0.2, 0.25) is 0 Å². The molecule has 2 aliphatic rings. The Labute approximate surface area is 93.8 Å². The second-order valence-electron chi connectivity index (χ2n) is 3.89. The molecule has 2 aliphatic carbocycles. The van der Waals surface area contributed by atoms with Gasteiger partial charge in [0.05, 0.1) is 10.6 Å². The topological polar surface area (TPSA) is 75.1 Å². The van der Waals surface area contributed by atoms with Gasteiger partial charge in [-0.2, -0.15) is 0 Å². The van der Waals surface area contributed by atoms with Crippen LogP contribution < -0.4 is 0 Å². The summed E-state index contributed by atoms with van der Waals surface area (Å²) in [6, 6.07) is 0. The van der Waals surface area contributed by atoms with Crippen molar-refractivity contribution in [1.82, 2.24) is 0 Å². The highest BCUT2D eigenvalue weighted by Crippen LogP contribution is 2.32. The van der Waals surface area contributed by atoms with Gasteiger partial charge in [0.1, 0.15) is 0 Å². The molecule has 0 aromatic rings. The molecule has 1 atom stereocenters. The van der Waals surface area contributed by atoms with Crippen LogP contribution in [-0.2, 0) is 14.6 Å². The largest absolute Gasteiger partial charge is 0.301 e. The Kier molecular flexibility index (Phi) is 2.42. The maximum Gasteiger partial charge on any atom is 0.182 e. The van der Waals surface area contributed by atoms with E-state index in [2.05, 4.69) is 0 Å². The number of allylic oxidation sites excluding steroid dienone is 6. The molecule has 5 heteroatoms. The van der Waals surface area contributed by atoms with E-state index in [0.717, 1.165) is 6.26 Å². The number of nitrogens with one attached hydrogen (secondary N) is 1. The highest BCUT2D eigenvalue weighted by Gasteiger charge is 2.34. The summed E-state index contributed by atoms with van der Waals surface area (Å²) in [7, 11) is -3.38. The van der Waals surface area contributed by atoms with Gasteiger partial charge in [0.15, 0.2) is 15.6 Å². The zero-order chi connectivity index (χ0) is 11.9. The molecule has 1 N–H and O–H groups in total. The van der Waals surface area contributed by atoms with Crippen molar-refractivity contribution in [2.45, 2.75) is 6.42 Å². The summed E-state index contributed by atoms with van der Waals surface area (Å²) < 4.78 is 23.1. The number of hydrogen-bond donors (Lipinski definition) is 1. The van der Waals surface area contributed by atoms with E-state index >= 15 is 0 Å². The molecule has 0 aromatic heterocycles. The van der Waals surface area contributed by atoms with Crippen molar-refractivity contribution >= 4 is 21.3 Å². The highest BCUT2D eigenvalue weighted by molar-refractivity contribution is 7.94. The summed E-state index contributed by atoms with van der Waals surface area (Å²) >= 11 is 0. The maximum atomic E-state index is 11.6. The average Bonchev–Trinajstić information content (AvgIpc) is 2.22. The molecular formula is C11H11NO3S. The normalized spacial score (nSPS) is 24.9.